The summed E-state index contributed by atoms with van der Waals surface area (Å²) in [6, 6.07) is 15.9. The maximum absolute atomic E-state index is 10.5. The first-order valence-corrected chi connectivity index (χ1v) is 10.9. The van der Waals surface area contributed by atoms with E-state index in [1.165, 1.54) is 12.1 Å². The van der Waals surface area contributed by atoms with Gasteiger partial charge in [-0.15, -0.1) is 0 Å². The molecule has 0 amide bonds. The molecule has 3 N–H and O–H groups in total. The van der Waals surface area contributed by atoms with Gasteiger partial charge in [-0.3, -0.25) is 10.1 Å². The third-order valence-corrected chi connectivity index (χ3v) is 6.42. The molecule has 2 aromatic rings. The molecule has 6 rings (SSSR count). The number of nitrogens with zero attached hydrogens (tertiary/aromatic N) is 3. The van der Waals surface area contributed by atoms with Crippen LogP contribution < -0.4 is 15.5 Å². The molecule has 0 saturated carbocycles. The average molecular weight is 459 g/mol. The Bertz CT molecular complexity index is 908. The summed E-state index contributed by atoms with van der Waals surface area (Å²) in [7, 11) is 1.00. The summed E-state index contributed by atoms with van der Waals surface area (Å²) in [6.45, 7) is 3.60. The van der Waals surface area contributed by atoms with E-state index in [1.807, 2.05) is 24.3 Å². The molecule has 4 fully saturated rings. The van der Waals surface area contributed by atoms with Gasteiger partial charge in [0.2, 0.25) is 0 Å². The number of nitrogen functional groups attached to an aromatic ring is 1. The molecule has 0 aliphatic carbocycles. The first-order valence-electron chi connectivity index (χ1n) is 10.9. The number of aliphatic hydroxyl groups is 1. The van der Waals surface area contributed by atoms with Crippen molar-refractivity contribution >= 4 is 22.7 Å². The van der Waals surface area contributed by atoms with Crippen LogP contribution in [0.2, 0.25) is 0 Å². The van der Waals surface area contributed by atoms with Crippen molar-refractivity contribution in [1.82, 2.24) is 0 Å². The first-order chi connectivity index (χ1) is 15.6. The average Bonchev–Trinajstić information content (AvgIpc) is 3.63. The number of fused-ring (bicyclic) bond motifs is 4. The van der Waals surface area contributed by atoms with E-state index < -0.39 is 0 Å². The zero-order valence-electron chi connectivity index (χ0n) is 18.2. The number of anilines is 3. The summed E-state index contributed by atoms with van der Waals surface area (Å²) in [5, 5.41) is 17.5. The summed E-state index contributed by atoms with van der Waals surface area (Å²) in [4.78, 5) is 14.9. The molecule has 4 aliphatic heterocycles. The number of nitrogens with two attached hydrogens (primary N) is 1. The third kappa shape index (κ3) is 5.38. The second-order valence-corrected chi connectivity index (χ2v) is 8.36. The molecule has 0 spiro atoms. The van der Waals surface area contributed by atoms with Gasteiger partial charge in [-0.2, -0.15) is 0 Å². The zero-order valence-corrected chi connectivity index (χ0v) is 18.2. The molecule has 0 radical (unpaired) electrons. The van der Waals surface area contributed by atoms with Crippen molar-refractivity contribution in [2.75, 3.05) is 48.9 Å². The second kappa shape index (κ2) is 10.8. The Balaban J connectivity index is 0.000000169. The molecular weight excluding hydrogens is 424 g/mol. The highest BCUT2D eigenvalue weighted by Gasteiger charge is 2.39. The fourth-order valence-electron chi connectivity index (χ4n) is 4.86. The van der Waals surface area contributed by atoms with Crippen molar-refractivity contribution in [2.24, 2.45) is 0 Å². The van der Waals surface area contributed by atoms with Gasteiger partial charge in [-0.1, -0.05) is 7.43 Å². The minimum atomic E-state index is -0.372. The van der Waals surface area contributed by atoms with Crippen LogP contribution in [-0.2, 0) is 9.47 Å². The maximum Gasteiger partial charge on any atom is 0.269 e. The van der Waals surface area contributed by atoms with Gasteiger partial charge in [0.15, 0.2) is 0 Å². The van der Waals surface area contributed by atoms with Crippen LogP contribution in [-0.4, -0.2) is 67.7 Å². The molecule has 4 bridgehead atoms. The van der Waals surface area contributed by atoms with E-state index in [0.717, 1.165) is 51.2 Å². The molecule has 4 heterocycles. The normalized spacial score (nSPS) is 26.1. The van der Waals surface area contributed by atoms with Crippen LogP contribution in [0, 0.1) is 10.1 Å². The number of hydrogen-bond acceptors (Lipinski definition) is 8. The van der Waals surface area contributed by atoms with E-state index in [9.17, 15) is 10.1 Å². The van der Waals surface area contributed by atoms with Crippen LogP contribution in [0.1, 0.15) is 20.3 Å². The van der Waals surface area contributed by atoms with E-state index in [2.05, 4.69) is 21.9 Å². The molecule has 2 aromatic carbocycles. The lowest BCUT2D eigenvalue weighted by Crippen LogP contribution is -2.36. The lowest BCUT2D eigenvalue weighted by atomic mass is 10.2. The van der Waals surface area contributed by atoms with E-state index >= 15 is 0 Å². The molecule has 0 aromatic heterocycles. The third-order valence-electron chi connectivity index (χ3n) is 6.42. The second-order valence-electron chi connectivity index (χ2n) is 8.36. The summed E-state index contributed by atoms with van der Waals surface area (Å²) in [5.41, 5.74) is 8.96. The van der Waals surface area contributed by atoms with E-state index in [-0.39, 0.29) is 18.0 Å². The SMILES string of the molecule is C.CO.Nc1ccc(N2C[C@@H]3C[C@H]2CO3)cc1.O=[N+]([O-])c1ccc(N2C[C@@H]3C[C@H]2CO3)cc1. The Morgan fingerprint density at radius 3 is 1.64 bits per heavy atom. The molecule has 0 unspecified atom stereocenters. The molecule has 4 aliphatic rings. The minimum Gasteiger partial charge on any atom is -0.400 e. The number of nitro benzene ring substituents is 1. The Kier molecular flexibility index (Phi) is 8.12. The highest BCUT2D eigenvalue weighted by atomic mass is 16.6. The van der Waals surface area contributed by atoms with Gasteiger partial charge in [-0.05, 0) is 49.2 Å². The van der Waals surface area contributed by atoms with Crippen LogP contribution >= 0.6 is 0 Å². The van der Waals surface area contributed by atoms with E-state index in [0.29, 0.717) is 24.3 Å². The zero-order chi connectivity index (χ0) is 22.7. The number of aliphatic hydroxyl groups excluding tert-OH is 1. The Morgan fingerprint density at radius 2 is 1.30 bits per heavy atom. The smallest absolute Gasteiger partial charge is 0.269 e. The topological polar surface area (TPSA) is 114 Å². The lowest BCUT2D eigenvalue weighted by molar-refractivity contribution is -0.384. The number of ether oxygens (including phenoxy) is 2. The van der Waals surface area contributed by atoms with Crippen LogP contribution in [0.25, 0.3) is 0 Å². The molecule has 9 nitrogen and oxygen atoms in total. The van der Waals surface area contributed by atoms with Gasteiger partial charge in [0.1, 0.15) is 0 Å². The standard InChI is InChI=1S/C11H12N2O3.C11H14N2O.CH4O.CH4/c14-13(15)9-3-1-8(2-4-9)12-6-11-5-10(12)7-16-11;12-8-1-3-9(4-2-8)13-6-11-5-10(13)7-14-11;1-2;/h1-4,10-11H,5-7H2;1-4,10-11H,5-7,12H2;2H,1H3;1H4/t2*10-,11-;;/m00../s1. The van der Waals surface area contributed by atoms with Crippen molar-refractivity contribution in [3.63, 3.8) is 0 Å². The number of morpholine rings is 2. The predicted molar refractivity (Wildman–Crippen MR) is 130 cm³/mol. The molecule has 4 saturated heterocycles. The van der Waals surface area contributed by atoms with Crippen LogP contribution in [0.5, 0.6) is 0 Å². The fourth-order valence-corrected chi connectivity index (χ4v) is 4.86. The van der Waals surface area contributed by atoms with Crippen molar-refractivity contribution in [2.45, 2.75) is 44.6 Å². The maximum atomic E-state index is 10.5. The number of benzene rings is 2. The van der Waals surface area contributed by atoms with Crippen molar-refractivity contribution in [3.05, 3.63) is 58.6 Å². The number of hydrogen-bond donors (Lipinski definition) is 2. The van der Waals surface area contributed by atoms with Gasteiger partial charge in [0.05, 0.1) is 42.4 Å². The lowest BCUT2D eigenvalue weighted by Gasteiger charge is -2.28. The van der Waals surface area contributed by atoms with Crippen molar-refractivity contribution < 1.29 is 19.5 Å². The van der Waals surface area contributed by atoms with Crippen molar-refractivity contribution in [3.8, 4) is 0 Å². The summed E-state index contributed by atoms with van der Waals surface area (Å²) in [5.74, 6) is 0. The largest absolute Gasteiger partial charge is 0.400 e. The van der Waals surface area contributed by atoms with Crippen LogP contribution in [0.3, 0.4) is 0 Å². The highest BCUT2D eigenvalue weighted by Crippen LogP contribution is 2.33. The molecule has 9 heteroatoms. The van der Waals surface area contributed by atoms with Crippen LogP contribution in [0.15, 0.2) is 48.5 Å². The Morgan fingerprint density at radius 1 is 0.879 bits per heavy atom. The van der Waals surface area contributed by atoms with Gasteiger partial charge in [0, 0.05) is 49.4 Å². The first kappa shape index (κ1) is 24.8. The monoisotopic (exact) mass is 458 g/mol. The quantitative estimate of drug-likeness (QED) is 0.410. The predicted octanol–water partition coefficient (Wildman–Crippen LogP) is 3.06. The van der Waals surface area contributed by atoms with E-state index in [4.69, 9.17) is 20.3 Å². The Labute approximate surface area is 194 Å². The summed E-state index contributed by atoms with van der Waals surface area (Å²) < 4.78 is 11.1. The number of non-ortho nitro benzene ring substituents is 1. The van der Waals surface area contributed by atoms with Gasteiger partial charge < -0.3 is 30.1 Å². The minimum absolute atomic E-state index is 0. The van der Waals surface area contributed by atoms with Crippen LogP contribution in [0.4, 0.5) is 22.7 Å². The summed E-state index contributed by atoms with van der Waals surface area (Å²) in [6.07, 6.45) is 3.07. The molecule has 4 atom stereocenters. The number of nitro groups is 1. The van der Waals surface area contributed by atoms with Crippen molar-refractivity contribution in [1.29, 1.82) is 0 Å². The Hall–Kier alpha value is -2.88. The highest BCUT2D eigenvalue weighted by molar-refractivity contribution is 5.55. The van der Waals surface area contributed by atoms with Gasteiger partial charge in [-0.25, -0.2) is 0 Å². The number of rotatable bonds is 3. The molecule has 180 valence electrons. The summed E-state index contributed by atoms with van der Waals surface area (Å²) >= 11 is 0. The van der Waals surface area contributed by atoms with Gasteiger partial charge in [0.25, 0.3) is 5.69 Å². The van der Waals surface area contributed by atoms with Gasteiger partial charge >= 0.3 is 0 Å². The fraction of sp³-hybridized carbons (Fsp3) is 0.500. The molecule has 33 heavy (non-hydrogen) atoms. The molecular formula is C24H34N4O5. The van der Waals surface area contributed by atoms with E-state index in [1.54, 1.807) is 12.1 Å².